The van der Waals surface area contributed by atoms with Crippen molar-refractivity contribution in [2.45, 2.75) is 13.1 Å². The average molecular weight is 473 g/mol. The molecule has 11 heteroatoms. The lowest BCUT2D eigenvalue weighted by atomic mass is 10.0. The van der Waals surface area contributed by atoms with Gasteiger partial charge in [0.15, 0.2) is 5.69 Å². The molecule has 0 spiro atoms. The number of hydrogen-bond acceptors (Lipinski definition) is 6. The van der Waals surface area contributed by atoms with Crippen molar-refractivity contribution >= 4 is 17.3 Å². The number of carbonyl (C=O) groups is 1. The number of anilines is 2. The summed E-state index contributed by atoms with van der Waals surface area (Å²) in [7, 11) is 1.67. The molecule has 1 aromatic carbocycles. The van der Waals surface area contributed by atoms with Crippen molar-refractivity contribution in [3.8, 4) is 11.1 Å². The van der Waals surface area contributed by atoms with Gasteiger partial charge in [-0.25, -0.2) is 0 Å². The highest BCUT2D eigenvalue weighted by molar-refractivity contribution is 6.04. The summed E-state index contributed by atoms with van der Waals surface area (Å²) in [5.74, 6) is -0.746. The molecule has 8 nitrogen and oxygen atoms in total. The van der Waals surface area contributed by atoms with Crippen molar-refractivity contribution < 1.29 is 22.7 Å². The predicted octanol–water partition coefficient (Wildman–Crippen LogP) is 3.26. The Morgan fingerprint density at radius 1 is 1.15 bits per heavy atom. The van der Waals surface area contributed by atoms with E-state index in [0.29, 0.717) is 43.7 Å². The Morgan fingerprint density at radius 3 is 2.59 bits per heavy atom. The molecule has 0 atom stereocenters. The van der Waals surface area contributed by atoms with Crippen LogP contribution in [0.2, 0.25) is 0 Å². The molecule has 0 radical (unpaired) electrons. The molecule has 1 aliphatic rings. The minimum absolute atomic E-state index is 0.126. The van der Waals surface area contributed by atoms with E-state index in [4.69, 9.17) is 4.74 Å². The van der Waals surface area contributed by atoms with E-state index in [1.165, 1.54) is 4.57 Å². The zero-order valence-electron chi connectivity index (χ0n) is 18.5. The molecule has 0 unspecified atom stereocenters. The molecule has 1 amide bonds. The van der Waals surface area contributed by atoms with Crippen LogP contribution in [0.4, 0.5) is 24.5 Å². The summed E-state index contributed by atoms with van der Waals surface area (Å²) in [6.45, 7) is 4.17. The van der Waals surface area contributed by atoms with E-state index in [0.717, 1.165) is 22.9 Å². The van der Waals surface area contributed by atoms with E-state index in [9.17, 15) is 22.8 Å². The van der Waals surface area contributed by atoms with Gasteiger partial charge in [0.1, 0.15) is 5.69 Å². The van der Waals surface area contributed by atoms with Gasteiger partial charge in [-0.05, 0) is 42.3 Å². The second-order valence-electron chi connectivity index (χ2n) is 7.94. The van der Waals surface area contributed by atoms with Gasteiger partial charge in [-0.15, -0.1) is 5.10 Å². The van der Waals surface area contributed by atoms with Gasteiger partial charge in [-0.2, -0.15) is 18.3 Å². The van der Waals surface area contributed by atoms with Crippen LogP contribution < -0.4 is 15.8 Å². The summed E-state index contributed by atoms with van der Waals surface area (Å²) in [5, 5.41) is 8.93. The lowest BCUT2D eigenvalue weighted by Crippen LogP contribution is -2.40. The fourth-order valence-electron chi connectivity index (χ4n) is 3.72. The Labute approximate surface area is 193 Å². The number of ether oxygens (including phenoxy) is 1. The van der Waals surface area contributed by atoms with E-state index in [2.05, 4.69) is 15.5 Å². The van der Waals surface area contributed by atoms with Crippen LogP contribution >= 0.6 is 0 Å². The van der Waals surface area contributed by atoms with Crippen molar-refractivity contribution in [1.29, 1.82) is 0 Å². The van der Waals surface area contributed by atoms with Gasteiger partial charge in [-0.1, -0.05) is 6.07 Å². The van der Waals surface area contributed by atoms with E-state index in [1.807, 2.05) is 17.9 Å². The number of benzene rings is 1. The normalized spacial score (nSPS) is 14.2. The minimum Gasteiger partial charge on any atom is -0.378 e. The van der Waals surface area contributed by atoms with Gasteiger partial charge in [0.25, 0.3) is 11.5 Å². The number of alkyl halides is 3. The molecule has 178 valence electrons. The maximum atomic E-state index is 12.9. The van der Waals surface area contributed by atoms with Gasteiger partial charge < -0.3 is 19.5 Å². The van der Waals surface area contributed by atoms with Gasteiger partial charge in [0.05, 0.1) is 25.0 Å². The quantitative estimate of drug-likeness (QED) is 0.626. The average Bonchev–Trinajstić information content (AvgIpc) is 2.82. The number of nitrogens with zero attached hydrogens (tertiary/aromatic N) is 4. The molecule has 4 rings (SSSR count). The number of carbonyl (C=O) groups excluding carboxylic acids is 1. The van der Waals surface area contributed by atoms with Crippen molar-refractivity contribution in [1.82, 2.24) is 14.8 Å². The number of aryl methyl sites for hydroxylation is 2. The summed E-state index contributed by atoms with van der Waals surface area (Å²) in [6.07, 6.45) is -2.02. The summed E-state index contributed by atoms with van der Waals surface area (Å²) in [4.78, 5) is 27.3. The number of amides is 1. The smallest absolute Gasteiger partial charge is 0.378 e. The third kappa shape index (κ3) is 4.93. The van der Waals surface area contributed by atoms with Crippen molar-refractivity contribution in [2.24, 2.45) is 7.05 Å². The van der Waals surface area contributed by atoms with Crippen LogP contribution in [-0.2, 0) is 18.0 Å². The van der Waals surface area contributed by atoms with Gasteiger partial charge in [0.2, 0.25) is 0 Å². The first kappa shape index (κ1) is 23.4. The summed E-state index contributed by atoms with van der Waals surface area (Å²) < 4.78 is 45.6. The Hall–Kier alpha value is -3.73. The molecule has 0 bridgehead atoms. The van der Waals surface area contributed by atoms with Crippen LogP contribution in [0.5, 0.6) is 0 Å². The highest BCUT2D eigenvalue weighted by atomic mass is 19.4. The van der Waals surface area contributed by atoms with Gasteiger partial charge in [0, 0.05) is 37.6 Å². The van der Waals surface area contributed by atoms with Crippen molar-refractivity contribution in [3.63, 3.8) is 0 Å². The topological polar surface area (TPSA) is 89.4 Å². The van der Waals surface area contributed by atoms with Crippen LogP contribution in [-0.4, -0.2) is 47.0 Å². The monoisotopic (exact) mass is 473 g/mol. The second-order valence-corrected chi connectivity index (χ2v) is 7.94. The van der Waals surface area contributed by atoms with E-state index < -0.39 is 17.8 Å². The molecule has 1 fully saturated rings. The van der Waals surface area contributed by atoms with Crippen LogP contribution in [0.15, 0.2) is 47.5 Å². The Kier molecular flexibility index (Phi) is 6.38. The van der Waals surface area contributed by atoms with E-state index in [-0.39, 0.29) is 11.1 Å². The minimum atomic E-state index is -4.71. The maximum Gasteiger partial charge on any atom is 0.435 e. The van der Waals surface area contributed by atoms with Crippen LogP contribution in [0.25, 0.3) is 11.1 Å². The lowest BCUT2D eigenvalue weighted by Gasteiger charge is -2.29. The second kappa shape index (κ2) is 9.26. The molecule has 1 N–H and O–H groups in total. The van der Waals surface area contributed by atoms with Gasteiger partial charge >= 0.3 is 6.18 Å². The number of rotatable bonds is 4. The summed E-state index contributed by atoms with van der Waals surface area (Å²) in [5.41, 5.74) is 1.74. The highest BCUT2D eigenvalue weighted by Gasteiger charge is 2.33. The molecule has 34 heavy (non-hydrogen) atoms. The highest BCUT2D eigenvalue weighted by Crippen LogP contribution is 2.30. The van der Waals surface area contributed by atoms with Crippen LogP contribution in [0.1, 0.15) is 21.6 Å². The first-order valence-electron chi connectivity index (χ1n) is 10.5. The van der Waals surface area contributed by atoms with Crippen molar-refractivity contribution in [2.75, 3.05) is 36.5 Å². The Bertz CT molecular complexity index is 1280. The lowest BCUT2D eigenvalue weighted by molar-refractivity contribution is -0.141. The van der Waals surface area contributed by atoms with Crippen LogP contribution in [0.3, 0.4) is 0 Å². The number of aromatic nitrogens is 3. The Morgan fingerprint density at radius 2 is 1.88 bits per heavy atom. The third-order valence-corrected chi connectivity index (χ3v) is 5.53. The largest absolute Gasteiger partial charge is 0.435 e. The van der Waals surface area contributed by atoms with Crippen molar-refractivity contribution in [3.05, 3.63) is 69.9 Å². The maximum absolute atomic E-state index is 12.9. The number of hydrogen-bond donors (Lipinski definition) is 1. The third-order valence-electron chi connectivity index (χ3n) is 5.53. The molecule has 0 aliphatic carbocycles. The molecular weight excluding hydrogens is 451 g/mol. The molecule has 0 saturated carbocycles. The molecule has 1 aliphatic heterocycles. The van der Waals surface area contributed by atoms with E-state index in [1.54, 1.807) is 31.4 Å². The fourth-order valence-corrected chi connectivity index (χ4v) is 3.72. The zero-order chi connectivity index (χ0) is 24.5. The molecule has 1 saturated heterocycles. The number of pyridine rings is 1. The van der Waals surface area contributed by atoms with E-state index >= 15 is 0 Å². The number of morpholine rings is 1. The standard InChI is InChI=1S/C23H22F3N5O3/c1-14-3-4-17(28-21(32)15-10-20(23(24,25)26)29-27-12-15)11-18(14)16-9-19(22(33)30(2)13-16)31-5-7-34-8-6-31/h3-4,9-13H,5-8H2,1-2H3,(H,28,32). The number of nitrogens with one attached hydrogen (secondary N) is 1. The Balaban J connectivity index is 1.65. The summed E-state index contributed by atoms with van der Waals surface area (Å²) in [6, 6.07) is 7.62. The molecular formula is C23H22F3N5O3. The first-order chi connectivity index (χ1) is 16.1. The molecule has 3 aromatic rings. The fraction of sp³-hybridized carbons (Fsp3) is 0.304. The van der Waals surface area contributed by atoms with Gasteiger partial charge in [-0.3, -0.25) is 9.59 Å². The number of halogens is 3. The van der Waals surface area contributed by atoms with Crippen LogP contribution in [0, 0.1) is 6.92 Å². The molecule has 3 heterocycles. The SMILES string of the molecule is Cc1ccc(NC(=O)c2cnnc(C(F)(F)F)c2)cc1-c1cc(N2CCOCC2)c(=O)n(C)c1. The zero-order valence-corrected chi connectivity index (χ0v) is 18.5. The summed E-state index contributed by atoms with van der Waals surface area (Å²) >= 11 is 0. The molecule has 2 aromatic heterocycles. The first-order valence-corrected chi connectivity index (χ1v) is 10.5. The predicted molar refractivity (Wildman–Crippen MR) is 120 cm³/mol.